The Hall–Kier alpha value is -2.71. The van der Waals surface area contributed by atoms with E-state index in [4.69, 9.17) is 9.47 Å². The van der Waals surface area contributed by atoms with Gasteiger partial charge in [0.25, 0.3) is 0 Å². The van der Waals surface area contributed by atoms with E-state index < -0.39 is 18.0 Å². The fourth-order valence-electron chi connectivity index (χ4n) is 2.76. The topological polar surface area (TPSA) is 56.6 Å². The normalized spacial score (nSPS) is 16.6. The maximum absolute atomic E-state index is 12.7. The van der Waals surface area contributed by atoms with Crippen LogP contribution in [0.15, 0.2) is 30.6 Å². The van der Waals surface area contributed by atoms with Crippen molar-refractivity contribution in [2.45, 2.75) is 38.7 Å². The summed E-state index contributed by atoms with van der Waals surface area (Å²) in [5.41, 5.74) is 1.03. The van der Waals surface area contributed by atoms with Gasteiger partial charge in [0.2, 0.25) is 0 Å². The number of alkyl halides is 3. The molecule has 3 rings (SSSR count). The minimum absolute atomic E-state index is 0.0461. The molecule has 1 aliphatic rings. The van der Waals surface area contributed by atoms with E-state index in [0.717, 1.165) is 18.0 Å². The van der Waals surface area contributed by atoms with E-state index in [1.807, 2.05) is 0 Å². The number of halogens is 3. The highest BCUT2D eigenvalue weighted by Crippen LogP contribution is 2.39. The molecule has 146 valence electrons. The van der Waals surface area contributed by atoms with Crippen LogP contribution in [0.25, 0.3) is 11.1 Å². The molecule has 0 saturated carbocycles. The second-order valence-electron chi connectivity index (χ2n) is 7.31. The van der Waals surface area contributed by atoms with Crippen molar-refractivity contribution in [1.29, 1.82) is 0 Å². The van der Waals surface area contributed by atoms with Crippen LogP contribution in [0.1, 0.15) is 32.4 Å². The van der Waals surface area contributed by atoms with Crippen molar-refractivity contribution in [3.05, 3.63) is 36.2 Å². The Kier molecular flexibility index (Phi) is 4.57. The molecule has 2 heterocycles. The van der Waals surface area contributed by atoms with Crippen molar-refractivity contribution >= 4 is 6.09 Å². The van der Waals surface area contributed by atoms with E-state index in [9.17, 15) is 18.0 Å². The lowest BCUT2D eigenvalue weighted by molar-refractivity contribution is -0.212. The summed E-state index contributed by atoms with van der Waals surface area (Å²) in [5.74, 6) is 0.521. The zero-order chi connectivity index (χ0) is 20.0. The van der Waals surface area contributed by atoms with Crippen LogP contribution in [0.2, 0.25) is 0 Å². The van der Waals surface area contributed by atoms with Gasteiger partial charge in [-0.15, -0.1) is 13.2 Å². The minimum Gasteiger partial charge on any atom is -0.491 e. The summed E-state index contributed by atoms with van der Waals surface area (Å²) in [5, 5.41) is 3.34. The Morgan fingerprint density at radius 3 is 2.59 bits per heavy atom. The number of hydrogen-bond acceptors (Lipinski definition) is 4. The van der Waals surface area contributed by atoms with Gasteiger partial charge in [-0.25, -0.2) is 4.79 Å². The molecule has 0 saturated heterocycles. The van der Waals surface area contributed by atoms with Gasteiger partial charge < -0.3 is 14.4 Å². The summed E-state index contributed by atoms with van der Waals surface area (Å²) in [4.78, 5) is 13.7. The molecule has 2 aromatic rings. The van der Waals surface area contributed by atoms with Crippen LogP contribution in [-0.2, 0) is 11.0 Å². The van der Waals surface area contributed by atoms with Gasteiger partial charge in [0.05, 0.1) is 12.2 Å². The van der Waals surface area contributed by atoms with Crippen molar-refractivity contribution in [3.63, 3.8) is 0 Å². The number of fused-ring (bicyclic) bond motifs is 1. The molecule has 0 spiro atoms. The molecule has 1 aromatic heterocycles. The number of aromatic nitrogens is 2. The van der Waals surface area contributed by atoms with Crippen molar-refractivity contribution in [2.24, 2.45) is 0 Å². The number of benzene rings is 1. The number of hydrogen-bond donors (Lipinski definition) is 0. The number of carbonyl (C=O) groups excluding carboxylic acids is 1. The van der Waals surface area contributed by atoms with Gasteiger partial charge >= 0.3 is 12.4 Å². The molecule has 0 radical (unpaired) electrons. The first-order chi connectivity index (χ1) is 12.5. The standard InChI is InChI=1S/C18H20F3N3O3/c1-17(2,3)27-16(25)23(4)14-10-26-15-7-11(5-6-13(14)15)12-8-22-24(9-12)18(19,20)21/h5-9,14H,10H2,1-4H3/t14-/m1/s1. The van der Waals surface area contributed by atoms with E-state index in [0.29, 0.717) is 16.9 Å². The van der Waals surface area contributed by atoms with Gasteiger partial charge in [-0.05, 0) is 32.4 Å². The fraction of sp³-hybridized carbons (Fsp3) is 0.444. The quantitative estimate of drug-likeness (QED) is 0.775. The molecule has 0 bridgehead atoms. The third kappa shape index (κ3) is 4.01. The number of amides is 1. The van der Waals surface area contributed by atoms with Gasteiger partial charge in [-0.2, -0.15) is 9.78 Å². The molecular formula is C18H20F3N3O3. The van der Waals surface area contributed by atoms with Crippen LogP contribution >= 0.6 is 0 Å². The number of nitrogens with zero attached hydrogens (tertiary/aromatic N) is 3. The van der Waals surface area contributed by atoms with Crippen molar-refractivity contribution < 1.29 is 27.4 Å². The lowest BCUT2D eigenvalue weighted by atomic mass is 10.0. The maximum Gasteiger partial charge on any atom is 0.504 e. The van der Waals surface area contributed by atoms with E-state index in [1.165, 1.54) is 4.90 Å². The van der Waals surface area contributed by atoms with Gasteiger partial charge in [-0.1, -0.05) is 12.1 Å². The van der Waals surface area contributed by atoms with Crippen LogP contribution < -0.4 is 4.74 Å². The summed E-state index contributed by atoms with van der Waals surface area (Å²) in [6, 6.07) is 4.74. The molecule has 9 heteroatoms. The molecule has 1 atom stereocenters. The largest absolute Gasteiger partial charge is 0.504 e. The monoisotopic (exact) mass is 383 g/mol. The average molecular weight is 383 g/mol. The molecule has 0 fully saturated rings. The summed E-state index contributed by atoms with van der Waals surface area (Å²) < 4.78 is 49.1. The molecule has 0 aliphatic carbocycles. The van der Waals surface area contributed by atoms with E-state index in [1.54, 1.807) is 46.0 Å². The second-order valence-corrected chi connectivity index (χ2v) is 7.31. The van der Waals surface area contributed by atoms with Crippen molar-refractivity contribution in [3.8, 4) is 16.9 Å². The Labute approximate surface area is 154 Å². The predicted octanol–water partition coefficient (Wildman–Crippen LogP) is 4.33. The molecule has 1 aromatic carbocycles. The first kappa shape index (κ1) is 19.1. The highest BCUT2D eigenvalue weighted by atomic mass is 19.4. The molecule has 0 N–H and O–H groups in total. The zero-order valence-electron chi connectivity index (χ0n) is 15.4. The molecule has 6 nitrogen and oxygen atoms in total. The zero-order valence-corrected chi connectivity index (χ0v) is 15.4. The van der Waals surface area contributed by atoms with E-state index in [-0.39, 0.29) is 17.3 Å². The number of carbonyl (C=O) groups is 1. The van der Waals surface area contributed by atoms with E-state index >= 15 is 0 Å². The van der Waals surface area contributed by atoms with Crippen molar-refractivity contribution in [1.82, 2.24) is 14.7 Å². The Morgan fingerprint density at radius 1 is 1.30 bits per heavy atom. The van der Waals surface area contributed by atoms with Crippen LogP contribution in [0.5, 0.6) is 5.75 Å². The molecule has 27 heavy (non-hydrogen) atoms. The average Bonchev–Trinajstić information content (AvgIpc) is 3.18. The van der Waals surface area contributed by atoms with Crippen LogP contribution in [0, 0.1) is 0 Å². The van der Waals surface area contributed by atoms with Crippen LogP contribution in [0.4, 0.5) is 18.0 Å². The molecule has 0 unspecified atom stereocenters. The second kappa shape index (κ2) is 6.47. The van der Waals surface area contributed by atoms with Gasteiger partial charge in [0.15, 0.2) is 0 Å². The van der Waals surface area contributed by atoms with Crippen LogP contribution in [-0.4, -0.2) is 40.0 Å². The summed E-state index contributed by atoms with van der Waals surface area (Å²) in [7, 11) is 1.62. The Balaban J connectivity index is 1.81. The number of rotatable bonds is 2. The summed E-state index contributed by atoms with van der Waals surface area (Å²) in [6.45, 7) is 5.60. The van der Waals surface area contributed by atoms with Crippen LogP contribution in [0.3, 0.4) is 0 Å². The SMILES string of the molecule is CN(C(=O)OC(C)(C)C)[C@@H]1COc2cc(-c3cnn(C(F)(F)F)c3)ccc21. The first-order valence-electron chi connectivity index (χ1n) is 8.30. The minimum atomic E-state index is -4.56. The third-order valence-corrected chi connectivity index (χ3v) is 4.09. The molecular weight excluding hydrogens is 363 g/mol. The van der Waals surface area contributed by atoms with Gasteiger partial charge in [-0.3, -0.25) is 0 Å². The summed E-state index contributed by atoms with van der Waals surface area (Å²) >= 11 is 0. The highest BCUT2D eigenvalue weighted by molar-refractivity contribution is 5.70. The third-order valence-electron chi connectivity index (χ3n) is 4.09. The molecule has 1 amide bonds. The van der Waals surface area contributed by atoms with Gasteiger partial charge in [0, 0.05) is 24.4 Å². The number of ether oxygens (including phenoxy) is 2. The lowest BCUT2D eigenvalue weighted by Crippen LogP contribution is -2.37. The summed E-state index contributed by atoms with van der Waals surface area (Å²) in [6.07, 6.45) is -2.97. The molecule has 1 aliphatic heterocycles. The smallest absolute Gasteiger partial charge is 0.491 e. The Bertz CT molecular complexity index is 856. The maximum atomic E-state index is 12.7. The fourth-order valence-corrected chi connectivity index (χ4v) is 2.76. The highest BCUT2D eigenvalue weighted by Gasteiger charge is 2.34. The van der Waals surface area contributed by atoms with Crippen molar-refractivity contribution in [2.75, 3.05) is 13.7 Å². The van der Waals surface area contributed by atoms with Gasteiger partial charge in [0.1, 0.15) is 18.0 Å². The predicted molar refractivity (Wildman–Crippen MR) is 91.2 cm³/mol. The first-order valence-corrected chi connectivity index (χ1v) is 8.30. The van der Waals surface area contributed by atoms with E-state index in [2.05, 4.69) is 5.10 Å². The Morgan fingerprint density at radius 2 is 2.00 bits per heavy atom. The lowest BCUT2D eigenvalue weighted by Gasteiger charge is -2.28. The number of likely N-dealkylation sites (N-methyl/N-ethyl adjacent to an activating group) is 1.